The number of carbonyl (C=O) groups is 1. The smallest absolute Gasteiger partial charge is 0.475 e. The van der Waals surface area contributed by atoms with E-state index in [0.717, 1.165) is 25.3 Å². The van der Waals surface area contributed by atoms with Crippen molar-refractivity contribution < 1.29 is 40.8 Å². The van der Waals surface area contributed by atoms with Gasteiger partial charge in [-0.05, 0) is 18.6 Å². The van der Waals surface area contributed by atoms with Gasteiger partial charge in [0.25, 0.3) is 0 Å². The molecule has 0 saturated carbocycles. The second-order valence-electron chi connectivity index (χ2n) is 6.28. The van der Waals surface area contributed by atoms with Crippen LogP contribution in [-0.2, 0) is 11.0 Å². The van der Waals surface area contributed by atoms with Gasteiger partial charge in [-0.2, -0.15) is 31.3 Å². The van der Waals surface area contributed by atoms with Crippen LogP contribution in [0.4, 0.5) is 32.2 Å². The van der Waals surface area contributed by atoms with Crippen LogP contribution in [0.5, 0.6) is 0 Å². The van der Waals surface area contributed by atoms with Crippen molar-refractivity contribution >= 4 is 11.8 Å². The first-order valence-corrected chi connectivity index (χ1v) is 8.12. The molecule has 158 valence electrons. The molecule has 0 spiro atoms. The summed E-state index contributed by atoms with van der Waals surface area (Å²) in [6.07, 6.45) is -7.15. The van der Waals surface area contributed by atoms with Gasteiger partial charge in [-0.15, -0.1) is 0 Å². The molecular weight excluding hydrogens is 412 g/mol. The molecule has 2 atom stereocenters. The summed E-state index contributed by atoms with van der Waals surface area (Å²) in [6.45, 7) is 1.84. The molecular formula is C15H13F6N5O3. The van der Waals surface area contributed by atoms with Crippen molar-refractivity contribution in [1.82, 2.24) is 20.4 Å². The first-order valence-electron chi connectivity index (χ1n) is 8.12. The summed E-state index contributed by atoms with van der Waals surface area (Å²) >= 11 is 0. The molecule has 2 fully saturated rings. The van der Waals surface area contributed by atoms with E-state index >= 15 is 0 Å². The molecule has 0 unspecified atom stereocenters. The number of anilines is 1. The number of piperazine rings is 1. The number of aromatic nitrogens is 3. The van der Waals surface area contributed by atoms with Crippen LogP contribution in [0.1, 0.15) is 12.3 Å². The van der Waals surface area contributed by atoms with Crippen molar-refractivity contribution in [3.63, 3.8) is 0 Å². The van der Waals surface area contributed by atoms with Crippen molar-refractivity contribution in [1.29, 1.82) is 0 Å². The van der Waals surface area contributed by atoms with Crippen LogP contribution >= 0.6 is 0 Å². The highest BCUT2D eigenvalue weighted by molar-refractivity contribution is 5.73. The summed E-state index contributed by atoms with van der Waals surface area (Å²) < 4.78 is 73.3. The quantitative estimate of drug-likeness (QED) is 0.707. The lowest BCUT2D eigenvalue weighted by Gasteiger charge is -2.28. The third kappa shape index (κ3) is 4.75. The summed E-state index contributed by atoms with van der Waals surface area (Å²) in [4.78, 5) is 18.8. The zero-order valence-corrected chi connectivity index (χ0v) is 14.3. The maximum absolute atomic E-state index is 12.4. The van der Waals surface area contributed by atoms with Crippen molar-refractivity contribution in [3.8, 4) is 11.4 Å². The monoisotopic (exact) mass is 425 g/mol. The van der Waals surface area contributed by atoms with Crippen molar-refractivity contribution in [2.45, 2.75) is 30.9 Å². The van der Waals surface area contributed by atoms with Gasteiger partial charge in [0, 0.05) is 36.9 Å². The molecule has 0 amide bonds. The first kappa shape index (κ1) is 20.8. The fourth-order valence-corrected chi connectivity index (χ4v) is 2.99. The molecule has 2 aromatic heterocycles. The molecule has 0 aromatic carbocycles. The second kappa shape index (κ2) is 7.50. The molecule has 2 N–H and O–H groups in total. The fourth-order valence-electron chi connectivity index (χ4n) is 2.99. The van der Waals surface area contributed by atoms with Crippen LogP contribution in [0.15, 0.2) is 22.9 Å². The largest absolute Gasteiger partial charge is 0.490 e. The number of carboxylic acids is 1. The first-order chi connectivity index (χ1) is 13.4. The maximum atomic E-state index is 12.4. The van der Waals surface area contributed by atoms with Gasteiger partial charge in [0.1, 0.15) is 5.82 Å². The van der Waals surface area contributed by atoms with Gasteiger partial charge in [0.2, 0.25) is 5.82 Å². The summed E-state index contributed by atoms with van der Waals surface area (Å²) in [6, 6.07) is 4.37. The average molecular weight is 425 g/mol. The molecule has 29 heavy (non-hydrogen) atoms. The Balaban J connectivity index is 0.000000298. The minimum absolute atomic E-state index is 0.115. The highest BCUT2D eigenvalue weighted by Gasteiger charge is 2.40. The summed E-state index contributed by atoms with van der Waals surface area (Å²) in [7, 11) is 0. The molecule has 0 radical (unpaired) electrons. The number of carboxylic acid groups (broad SMARTS) is 1. The summed E-state index contributed by atoms with van der Waals surface area (Å²) in [5.74, 6) is -3.41. The van der Waals surface area contributed by atoms with Crippen LogP contribution in [0.2, 0.25) is 0 Å². The Morgan fingerprint density at radius 3 is 2.34 bits per heavy atom. The predicted molar refractivity (Wildman–Crippen MR) is 83.8 cm³/mol. The third-order valence-electron chi connectivity index (χ3n) is 4.27. The number of alkyl halides is 6. The molecule has 4 heterocycles. The zero-order valence-electron chi connectivity index (χ0n) is 14.3. The van der Waals surface area contributed by atoms with E-state index in [1.807, 2.05) is 0 Å². The van der Waals surface area contributed by atoms with E-state index in [4.69, 9.17) is 9.90 Å². The molecule has 2 saturated heterocycles. The molecule has 0 aliphatic carbocycles. The second-order valence-corrected chi connectivity index (χ2v) is 6.28. The van der Waals surface area contributed by atoms with E-state index in [1.54, 1.807) is 12.1 Å². The molecule has 2 aliphatic heterocycles. The Labute approximate surface area is 158 Å². The zero-order chi connectivity index (χ0) is 21.4. The SMILES string of the molecule is FC(F)(F)c1nc(-c2ccc(N3C[C@@H]4C[C@H]3CN4)nc2)no1.O=C(O)C(F)(F)F. The van der Waals surface area contributed by atoms with Crippen LogP contribution in [0.25, 0.3) is 11.4 Å². The van der Waals surface area contributed by atoms with Gasteiger partial charge in [-0.1, -0.05) is 5.16 Å². The highest BCUT2D eigenvalue weighted by Crippen LogP contribution is 2.31. The Morgan fingerprint density at radius 2 is 1.93 bits per heavy atom. The topological polar surface area (TPSA) is 104 Å². The Hall–Kier alpha value is -2.90. The van der Waals surface area contributed by atoms with E-state index in [1.165, 1.54) is 6.20 Å². The average Bonchev–Trinajstić information content (AvgIpc) is 3.37. The van der Waals surface area contributed by atoms with Gasteiger partial charge in [0.15, 0.2) is 0 Å². The van der Waals surface area contributed by atoms with E-state index in [-0.39, 0.29) is 5.82 Å². The van der Waals surface area contributed by atoms with E-state index in [0.29, 0.717) is 17.6 Å². The lowest BCUT2D eigenvalue weighted by Crippen LogP contribution is -2.43. The number of nitrogens with zero attached hydrogens (tertiary/aromatic N) is 4. The number of rotatable bonds is 2. The van der Waals surface area contributed by atoms with Gasteiger partial charge in [-0.25, -0.2) is 9.78 Å². The van der Waals surface area contributed by atoms with Gasteiger partial charge >= 0.3 is 24.2 Å². The number of nitrogens with one attached hydrogen (secondary N) is 1. The van der Waals surface area contributed by atoms with Crippen molar-refractivity contribution in [3.05, 3.63) is 24.2 Å². The Morgan fingerprint density at radius 1 is 1.24 bits per heavy atom. The Kier molecular flexibility index (Phi) is 5.38. The molecule has 2 aromatic rings. The molecule has 2 aliphatic rings. The van der Waals surface area contributed by atoms with E-state index in [9.17, 15) is 26.3 Å². The number of halogens is 6. The van der Waals surface area contributed by atoms with Gasteiger partial charge in [0.05, 0.1) is 0 Å². The van der Waals surface area contributed by atoms with E-state index in [2.05, 4.69) is 29.9 Å². The molecule has 2 bridgehead atoms. The number of hydrogen-bond donors (Lipinski definition) is 2. The van der Waals surface area contributed by atoms with Gasteiger partial charge in [-0.3, -0.25) is 0 Å². The molecule has 4 rings (SSSR count). The predicted octanol–water partition coefficient (Wildman–Crippen LogP) is 2.33. The van der Waals surface area contributed by atoms with Crippen molar-refractivity contribution in [2.24, 2.45) is 0 Å². The molecule has 8 nitrogen and oxygen atoms in total. The fraction of sp³-hybridized carbons (Fsp3) is 0.467. The van der Waals surface area contributed by atoms with Crippen LogP contribution < -0.4 is 10.2 Å². The highest BCUT2D eigenvalue weighted by atomic mass is 19.4. The number of pyridine rings is 1. The third-order valence-corrected chi connectivity index (χ3v) is 4.27. The lowest BCUT2D eigenvalue weighted by atomic mass is 10.2. The minimum atomic E-state index is -5.08. The summed E-state index contributed by atoms with van der Waals surface area (Å²) in [5.41, 5.74) is 0.394. The lowest BCUT2D eigenvalue weighted by molar-refractivity contribution is -0.192. The normalized spacial score (nSPS) is 21.1. The summed E-state index contributed by atoms with van der Waals surface area (Å²) in [5, 5.41) is 13.9. The van der Waals surface area contributed by atoms with Crippen molar-refractivity contribution in [2.75, 3.05) is 18.0 Å². The van der Waals surface area contributed by atoms with Crippen LogP contribution in [0, 0.1) is 0 Å². The van der Waals surface area contributed by atoms with Crippen LogP contribution in [-0.4, -0.2) is 57.5 Å². The van der Waals surface area contributed by atoms with Crippen LogP contribution in [0.3, 0.4) is 0 Å². The minimum Gasteiger partial charge on any atom is -0.475 e. The number of hydrogen-bond acceptors (Lipinski definition) is 7. The maximum Gasteiger partial charge on any atom is 0.490 e. The van der Waals surface area contributed by atoms with Gasteiger partial charge < -0.3 is 19.8 Å². The molecule has 14 heteroatoms. The Bertz CT molecular complexity index is 867. The van der Waals surface area contributed by atoms with E-state index < -0.39 is 24.2 Å². The number of aliphatic carboxylic acids is 1. The standard InChI is InChI=1S/C13H12F3N5O.C2HF3O2/c14-13(15,16)12-19-11(20-22-12)7-1-2-10(18-4-7)21-6-8-3-9(21)5-17-8;3-2(4,5)1(6)7/h1-2,4,8-9,17H,3,5-6H2;(H,6,7)/t8-,9-;/m0./s1. The number of fused-ring (bicyclic) bond motifs is 2.